The van der Waals surface area contributed by atoms with Crippen LogP contribution in [0, 0.1) is 23.2 Å². The lowest BCUT2D eigenvalue weighted by Crippen LogP contribution is -2.57. The van der Waals surface area contributed by atoms with Crippen molar-refractivity contribution in [2.24, 2.45) is 11.8 Å². The number of aromatic nitrogens is 3. The number of nitrogens with zero attached hydrogens (tertiary/aromatic N) is 5. The van der Waals surface area contributed by atoms with Crippen molar-refractivity contribution >= 4 is 28.7 Å². The van der Waals surface area contributed by atoms with E-state index in [1.54, 1.807) is 17.3 Å². The predicted octanol–water partition coefficient (Wildman–Crippen LogP) is 2.18. The Labute approximate surface area is 191 Å². The molecular formula is C24H25N7O2. The van der Waals surface area contributed by atoms with Gasteiger partial charge in [0.2, 0.25) is 5.91 Å². The van der Waals surface area contributed by atoms with E-state index >= 15 is 0 Å². The Morgan fingerprint density at radius 2 is 1.97 bits per heavy atom. The first kappa shape index (κ1) is 20.9. The smallest absolute Gasteiger partial charge is 0.255 e. The first-order valence-corrected chi connectivity index (χ1v) is 11.1. The van der Waals surface area contributed by atoms with Gasteiger partial charge in [0.15, 0.2) is 5.65 Å². The summed E-state index contributed by atoms with van der Waals surface area (Å²) in [5.74, 6) is -0.425. The average molecular weight is 444 g/mol. The molecule has 0 radical (unpaired) electrons. The van der Waals surface area contributed by atoms with Crippen LogP contribution in [0.3, 0.4) is 0 Å². The molecule has 1 aromatic carbocycles. The molecule has 3 aromatic rings. The third kappa shape index (κ3) is 4.00. The fraction of sp³-hybridized carbons (Fsp3) is 0.375. The molecule has 2 fully saturated rings. The maximum atomic E-state index is 13.2. The molecule has 2 aliphatic rings. The summed E-state index contributed by atoms with van der Waals surface area (Å²) in [5, 5.41) is 11.9. The number of anilines is 1. The highest BCUT2D eigenvalue weighted by Crippen LogP contribution is 2.35. The van der Waals surface area contributed by atoms with Gasteiger partial charge in [-0.25, -0.2) is 9.97 Å². The van der Waals surface area contributed by atoms with Gasteiger partial charge in [0.25, 0.3) is 5.91 Å². The van der Waals surface area contributed by atoms with Gasteiger partial charge in [-0.2, -0.15) is 5.26 Å². The number of H-pyrrole nitrogens is 1. The third-order valence-corrected chi connectivity index (χ3v) is 6.33. The first-order chi connectivity index (χ1) is 15.9. The van der Waals surface area contributed by atoms with E-state index in [9.17, 15) is 9.59 Å². The van der Waals surface area contributed by atoms with Gasteiger partial charge < -0.3 is 20.1 Å². The number of nitriles is 1. The number of hydrogen-bond donors (Lipinski definition) is 2. The van der Waals surface area contributed by atoms with Crippen molar-refractivity contribution in [1.82, 2.24) is 25.2 Å². The van der Waals surface area contributed by atoms with Crippen molar-refractivity contribution in [3.05, 3.63) is 42.2 Å². The van der Waals surface area contributed by atoms with E-state index in [2.05, 4.69) is 21.4 Å². The molecule has 2 amide bonds. The van der Waals surface area contributed by atoms with E-state index < -0.39 is 6.04 Å². The van der Waals surface area contributed by atoms with Gasteiger partial charge in [-0.3, -0.25) is 9.59 Å². The molecule has 1 saturated carbocycles. The molecule has 2 aromatic heterocycles. The van der Waals surface area contributed by atoms with E-state index in [1.165, 1.54) is 0 Å². The Bertz CT molecular complexity index is 1250. The summed E-state index contributed by atoms with van der Waals surface area (Å²) in [7, 11) is 3.96. The predicted molar refractivity (Wildman–Crippen MR) is 123 cm³/mol. The quantitative estimate of drug-likeness (QED) is 0.603. The zero-order valence-electron chi connectivity index (χ0n) is 18.6. The maximum Gasteiger partial charge on any atom is 0.255 e. The Morgan fingerprint density at radius 1 is 1.24 bits per heavy atom. The highest BCUT2D eigenvalue weighted by molar-refractivity contribution is 6.06. The number of likely N-dealkylation sites (tertiary alicyclic amines) is 1. The molecular weight excluding hydrogens is 418 g/mol. The van der Waals surface area contributed by atoms with Crippen LogP contribution in [0.5, 0.6) is 0 Å². The van der Waals surface area contributed by atoms with Crippen LogP contribution in [-0.2, 0) is 4.79 Å². The number of benzene rings is 1. The summed E-state index contributed by atoms with van der Waals surface area (Å²) in [6.07, 6.45) is 5.08. The molecule has 168 valence electrons. The highest BCUT2D eigenvalue weighted by Gasteiger charge is 2.42. The molecule has 1 aliphatic carbocycles. The normalized spacial score (nSPS) is 16.7. The summed E-state index contributed by atoms with van der Waals surface area (Å²) in [4.78, 5) is 41.9. The van der Waals surface area contributed by atoms with E-state index in [4.69, 9.17) is 10.2 Å². The summed E-state index contributed by atoms with van der Waals surface area (Å²) < 4.78 is 0. The summed E-state index contributed by atoms with van der Waals surface area (Å²) in [5.41, 5.74) is 3.99. The Hall–Kier alpha value is -3.93. The van der Waals surface area contributed by atoms with Crippen LogP contribution in [0.2, 0.25) is 0 Å². The lowest BCUT2D eigenvalue weighted by Gasteiger charge is -2.37. The molecule has 2 N–H and O–H groups in total. The zero-order valence-corrected chi connectivity index (χ0v) is 18.6. The number of aromatic amines is 1. The topological polar surface area (TPSA) is 118 Å². The van der Waals surface area contributed by atoms with E-state index in [1.807, 2.05) is 43.3 Å². The molecule has 3 heterocycles. The van der Waals surface area contributed by atoms with Gasteiger partial charge in [-0.15, -0.1) is 0 Å². The second kappa shape index (κ2) is 8.20. The average Bonchev–Trinajstić information content (AvgIpc) is 3.54. The number of carbonyl (C=O) groups excluding carboxylic acids is 2. The largest absolute Gasteiger partial charge is 0.378 e. The SMILES string of the molecule is CN(C)c1ccc(-c2cnc3[nH]cc(C(=O)N[C@@H](C(=O)N4CC(C#N)C4)C4CC4)c3n2)cc1. The molecule has 5 rings (SSSR count). The molecule has 0 unspecified atom stereocenters. The summed E-state index contributed by atoms with van der Waals surface area (Å²) >= 11 is 0. The Morgan fingerprint density at radius 3 is 2.61 bits per heavy atom. The lowest BCUT2D eigenvalue weighted by atomic mass is 9.99. The van der Waals surface area contributed by atoms with Crippen LogP contribution in [-0.4, -0.2) is 64.9 Å². The second-order valence-electron chi connectivity index (χ2n) is 8.95. The Kier molecular flexibility index (Phi) is 5.21. The number of amides is 2. The van der Waals surface area contributed by atoms with Crippen LogP contribution >= 0.6 is 0 Å². The van der Waals surface area contributed by atoms with Crippen molar-refractivity contribution < 1.29 is 9.59 Å². The van der Waals surface area contributed by atoms with Crippen molar-refractivity contribution in [3.8, 4) is 17.3 Å². The van der Waals surface area contributed by atoms with Crippen LogP contribution in [0.15, 0.2) is 36.7 Å². The van der Waals surface area contributed by atoms with Crippen LogP contribution < -0.4 is 10.2 Å². The van der Waals surface area contributed by atoms with Crippen molar-refractivity contribution in [2.45, 2.75) is 18.9 Å². The van der Waals surface area contributed by atoms with E-state index in [0.29, 0.717) is 35.5 Å². The molecule has 9 heteroatoms. The van der Waals surface area contributed by atoms with Crippen molar-refractivity contribution in [1.29, 1.82) is 5.26 Å². The van der Waals surface area contributed by atoms with Gasteiger partial charge >= 0.3 is 0 Å². The summed E-state index contributed by atoms with van der Waals surface area (Å²) in [6.45, 7) is 0.867. The van der Waals surface area contributed by atoms with Crippen LogP contribution in [0.25, 0.3) is 22.4 Å². The number of hydrogen-bond acceptors (Lipinski definition) is 6. The summed E-state index contributed by atoms with van der Waals surface area (Å²) in [6, 6.07) is 9.56. The van der Waals surface area contributed by atoms with Crippen molar-refractivity contribution in [2.75, 3.05) is 32.1 Å². The fourth-order valence-corrected chi connectivity index (χ4v) is 4.10. The first-order valence-electron chi connectivity index (χ1n) is 11.1. The number of carbonyl (C=O) groups is 2. The zero-order chi connectivity index (χ0) is 23.1. The van der Waals surface area contributed by atoms with Crippen LogP contribution in [0.4, 0.5) is 5.69 Å². The fourth-order valence-electron chi connectivity index (χ4n) is 4.10. The highest BCUT2D eigenvalue weighted by atomic mass is 16.2. The minimum Gasteiger partial charge on any atom is -0.378 e. The van der Waals surface area contributed by atoms with Crippen molar-refractivity contribution in [3.63, 3.8) is 0 Å². The molecule has 1 saturated heterocycles. The molecule has 0 bridgehead atoms. The molecule has 0 spiro atoms. The minimum absolute atomic E-state index is 0.107. The monoisotopic (exact) mass is 443 g/mol. The van der Waals surface area contributed by atoms with Gasteiger partial charge in [0, 0.05) is 44.6 Å². The third-order valence-electron chi connectivity index (χ3n) is 6.33. The lowest BCUT2D eigenvalue weighted by molar-refractivity contribution is -0.138. The van der Waals surface area contributed by atoms with Crippen LogP contribution in [0.1, 0.15) is 23.2 Å². The number of fused-ring (bicyclic) bond motifs is 1. The van der Waals surface area contributed by atoms with E-state index in [-0.39, 0.29) is 23.7 Å². The van der Waals surface area contributed by atoms with Gasteiger partial charge in [-0.05, 0) is 30.9 Å². The molecule has 9 nitrogen and oxygen atoms in total. The number of rotatable bonds is 6. The number of nitrogens with one attached hydrogen (secondary N) is 2. The second-order valence-corrected chi connectivity index (χ2v) is 8.95. The maximum absolute atomic E-state index is 13.2. The standard InChI is InChI=1S/C24H25N7O2/c1-30(2)17-7-5-15(6-8-17)19-11-27-22-21(28-19)18(10-26-22)23(32)29-20(16-3-4-16)24(33)31-12-14(9-25)13-31/h5-8,10-11,14,16,20H,3-4,12-13H2,1-2H3,(H,26,27)(H,29,32)/t20-/m1/s1. The minimum atomic E-state index is -0.572. The Balaban J connectivity index is 1.37. The molecule has 1 aliphatic heterocycles. The van der Waals surface area contributed by atoms with Gasteiger partial charge in [0.05, 0.1) is 29.4 Å². The molecule has 1 atom stereocenters. The molecule has 33 heavy (non-hydrogen) atoms. The van der Waals surface area contributed by atoms with E-state index in [0.717, 1.165) is 24.1 Å². The van der Waals surface area contributed by atoms with Gasteiger partial charge in [-0.1, -0.05) is 12.1 Å². The van der Waals surface area contributed by atoms with Gasteiger partial charge in [0.1, 0.15) is 11.6 Å².